The van der Waals surface area contributed by atoms with Crippen LogP contribution in [-0.4, -0.2) is 28.5 Å². The summed E-state index contributed by atoms with van der Waals surface area (Å²) in [5.74, 6) is -0.616. The van der Waals surface area contributed by atoms with Gasteiger partial charge >= 0.3 is 11.8 Å². The molecule has 1 atom stereocenters. The fraction of sp³-hybridized carbons (Fsp3) is 0.462. The largest absolute Gasteiger partial charge is 0.514 e. The van der Waals surface area contributed by atoms with Crippen molar-refractivity contribution in [3.8, 4) is 5.75 Å². The number of carbonyl (C=O) groups excluding carboxylic acids is 1. The van der Waals surface area contributed by atoms with Crippen LogP contribution in [0.5, 0.6) is 5.75 Å². The summed E-state index contributed by atoms with van der Waals surface area (Å²) < 4.78 is 9.54. The van der Waals surface area contributed by atoms with E-state index < -0.39 is 27.4 Å². The molecule has 1 aromatic carbocycles. The number of halogens is 1. The molecular weight excluding hydrogens is 332 g/mol. The number of non-ortho nitro benzene ring substituents is 1. The average Bonchev–Trinajstić information content (AvgIpc) is 2.51. The Morgan fingerprint density at radius 2 is 1.96 bits per heavy atom. The highest BCUT2D eigenvalue weighted by Gasteiger charge is 2.29. The lowest BCUT2D eigenvalue weighted by Gasteiger charge is -2.14. The van der Waals surface area contributed by atoms with Crippen LogP contribution in [0, 0.1) is 20.2 Å². The van der Waals surface area contributed by atoms with E-state index in [0.29, 0.717) is 6.42 Å². The zero-order chi connectivity index (χ0) is 17.6. The monoisotopic (exact) mass is 346 g/mol. The Balaban J connectivity index is 3.40. The van der Waals surface area contributed by atoms with Crippen LogP contribution < -0.4 is 4.74 Å². The molecule has 0 saturated carbocycles. The van der Waals surface area contributed by atoms with Crippen molar-refractivity contribution in [1.29, 1.82) is 0 Å². The van der Waals surface area contributed by atoms with Gasteiger partial charge in [0.25, 0.3) is 5.69 Å². The molecule has 10 heteroatoms. The Morgan fingerprint density at radius 1 is 1.30 bits per heavy atom. The smallest absolute Gasteiger partial charge is 0.433 e. The fourth-order valence-electron chi connectivity index (χ4n) is 1.79. The Hall–Kier alpha value is -2.42. The Kier molecular flexibility index (Phi) is 6.70. The van der Waals surface area contributed by atoms with E-state index in [1.165, 1.54) is 0 Å². The summed E-state index contributed by atoms with van der Waals surface area (Å²) in [6.07, 6.45) is -0.627. The number of ether oxygens (including phenoxy) is 2. The standard InChI is InChI=1S/C13H15ClN2O7/c1-3-8(2)10-6-9(15(18)19)7-11(16(20)21)12(10)23-13(17)22-5-4-14/h6-8H,3-5H2,1-2H3. The third-order valence-electron chi connectivity index (χ3n) is 3.12. The van der Waals surface area contributed by atoms with Gasteiger partial charge in [0.15, 0.2) is 0 Å². The number of alkyl halides is 1. The molecule has 126 valence electrons. The predicted octanol–water partition coefficient (Wildman–Crippen LogP) is 3.77. The van der Waals surface area contributed by atoms with Crippen molar-refractivity contribution in [3.63, 3.8) is 0 Å². The molecule has 0 aliphatic carbocycles. The average molecular weight is 347 g/mol. The molecule has 0 heterocycles. The highest BCUT2D eigenvalue weighted by atomic mass is 35.5. The third-order valence-corrected chi connectivity index (χ3v) is 3.27. The second-order valence-corrected chi connectivity index (χ2v) is 4.97. The summed E-state index contributed by atoms with van der Waals surface area (Å²) in [6.45, 7) is 3.38. The minimum atomic E-state index is -1.16. The summed E-state index contributed by atoms with van der Waals surface area (Å²) in [7, 11) is 0. The van der Waals surface area contributed by atoms with Gasteiger partial charge in [-0.2, -0.15) is 0 Å². The zero-order valence-corrected chi connectivity index (χ0v) is 13.2. The van der Waals surface area contributed by atoms with Crippen LogP contribution in [0.2, 0.25) is 0 Å². The first-order valence-electron chi connectivity index (χ1n) is 6.69. The number of hydrogen-bond donors (Lipinski definition) is 0. The van der Waals surface area contributed by atoms with E-state index >= 15 is 0 Å². The number of nitro benzene ring substituents is 2. The lowest BCUT2D eigenvalue weighted by molar-refractivity contribution is -0.394. The van der Waals surface area contributed by atoms with E-state index in [1.807, 2.05) is 0 Å². The molecule has 1 unspecified atom stereocenters. The Morgan fingerprint density at radius 3 is 2.43 bits per heavy atom. The highest BCUT2D eigenvalue weighted by Crippen LogP contribution is 2.40. The van der Waals surface area contributed by atoms with Gasteiger partial charge in [-0.15, -0.1) is 11.6 Å². The summed E-state index contributed by atoms with van der Waals surface area (Å²) in [5.41, 5.74) is -0.929. The van der Waals surface area contributed by atoms with Gasteiger partial charge in [0.2, 0.25) is 5.75 Å². The SMILES string of the molecule is CCC(C)c1cc([N+](=O)[O-])cc([N+](=O)[O-])c1OC(=O)OCCCl. The second kappa shape index (κ2) is 8.28. The molecule has 1 rings (SSSR count). The van der Waals surface area contributed by atoms with E-state index in [4.69, 9.17) is 16.3 Å². The topological polar surface area (TPSA) is 122 Å². The van der Waals surface area contributed by atoms with Crippen LogP contribution in [0.1, 0.15) is 31.7 Å². The molecule has 0 saturated heterocycles. The molecule has 0 N–H and O–H groups in total. The lowest BCUT2D eigenvalue weighted by atomic mass is 9.96. The Labute approximate surface area is 136 Å². The van der Waals surface area contributed by atoms with Crippen LogP contribution >= 0.6 is 11.6 Å². The zero-order valence-electron chi connectivity index (χ0n) is 12.5. The maximum Gasteiger partial charge on any atom is 0.514 e. The first-order valence-corrected chi connectivity index (χ1v) is 7.22. The minimum absolute atomic E-state index is 0.0374. The van der Waals surface area contributed by atoms with E-state index in [-0.39, 0.29) is 29.7 Å². The first kappa shape index (κ1) is 18.6. The molecule has 0 bridgehead atoms. The maximum absolute atomic E-state index is 11.6. The van der Waals surface area contributed by atoms with Gasteiger partial charge in [0.1, 0.15) is 6.61 Å². The number of rotatable bonds is 7. The van der Waals surface area contributed by atoms with E-state index in [1.54, 1.807) is 13.8 Å². The summed E-state index contributed by atoms with van der Waals surface area (Å²) in [5, 5.41) is 22.1. The minimum Gasteiger partial charge on any atom is -0.433 e. The molecule has 0 amide bonds. The van der Waals surface area contributed by atoms with E-state index in [0.717, 1.165) is 12.1 Å². The molecule has 9 nitrogen and oxygen atoms in total. The van der Waals surface area contributed by atoms with Crippen LogP contribution in [-0.2, 0) is 4.74 Å². The van der Waals surface area contributed by atoms with Crippen molar-refractivity contribution < 1.29 is 24.1 Å². The van der Waals surface area contributed by atoms with Gasteiger partial charge in [-0.3, -0.25) is 20.2 Å². The van der Waals surface area contributed by atoms with Crippen LogP contribution in [0.3, 0.4) is 0 Å². The van der Waals surface area contributed by atoms with Crippen LogP contribution in [0.15, 0.2) is 12.1 Å². The van der Waals surface area contributed by atoms with Crippen LogP contribution in [0.25, 0.3) is 0 Å². The van der Waals surface area contributed by atoms with Crippen molar-refractivity contribution >= 4 is 29.1 Å². The third kappa shape index (κ3) is 4.78. The Bertz CT molecular complexity index is 621. The summed E-state index contributed by atoms with van der Waals surface area (Å²) in [6, 6.07) is 1.90. The van der Waals surface area contributed by atoms with E-state index in [2.05, 4.69) is 4.74 Å². The van der Waals surface area contributed by atoms with Gasteiger partial charge in [-0.05, 0) is 12.3 Å². The van der Waals surface area contributed by atoms with Crippen molar-refractivity contribution in [2.75, 3.05) is 12.5 Å². The van der Waals surface area contributed by atoms with Gasteiger partial charge in [-0.25, -0.2) is 4.79 Å². The molecule has 0 aliphatic rings. The number of nitrogens with zero attached hydrogens (tertiary/aromatic N) is 2. The molecule has 0 aromatic heterocycles. The lowest BCUT2D eigenvalue weighted by Crippen LogP contribution is -2.15. The van der Waals surface area contributed by atoms with Gasteiger partial charge in [-0.1, -0.05) is 13.8 Å². The number of carbonyl (C=O) groups is 1. The van der Waals surface area contributed by atoms with Gasteiger partial charge in [0, 0.05) is 11.6 Å². The predicted molar refractivity (Wildman–Crippen MR) is 81.2 cm³/mol. The van der Waals surface area contributed by atoms with Crippen LogP contribution in [0.4, 0.5) is 16.2 Å². The van der Waals surface area contributed by atoms with Gasteiger partial charge in [0.05, 0.1) is 21.8 Å². The van der Waals surface area contributed by atoms with Crippen molar-refractivity contribution in [1.82, 2.24) is 0 Å². The molecule has 23 heavy (non-hydrogen) atoms. The normalized spacial score (nSPS) is 11.6. The molecule has 0 radical (unpaired) electrons. The number of hydrogen-bond acceptors (Lipinski definition) is 7. The second-order valence-electron chi connectivity index (χ2n) is 4.60. The summed E-state index contributed by atoms with van der Waals surface area (Å²) >= 11 is 5.37. The molecule has 1 aromatic rings. The molecule has 0 fully saturated rings. The maximum atomic E-state index is 11.6. The molecule has 0 aliphatic heterocycles. The number of nitro groups is 2. The molecular formula is C13H15ClN2O7. The van der Waals surface area contributed by atoms with E-state index in [9.17, 15) is 25.0 Å². The quantitative estimate of drug-likeness (QED) is 0.242. The van der Waals surface area contributed by atoms with Crippen molar-refractivity contribution in [3.05, 3.63) is 37.9 Å². The van der Waals surface area contributed by atoms with Crippen molar-refractivity contribution in [2.45, 2.75) is 26.2 Å². The highest BCUT2D eigenvalue weighted by molar-refractivity contribution is 6.18. The first-order chi connectivity index (χ1) is 10.8. The number of benzene rings is 1. The van der Waals surface area contributed by atoms with Crippen molar-refractivity contribution in [2.24, 2.45) is 0 Å². The molecule has 0 spiro atoms. The summed E-state index contributed by atoms with van der Waals surface area (Å²) in [4.78, 5) is 32.1. The fourth-order valence-corrected chi connectivity index (χ4v) is 1.87. The van der Waals surface area contributed by atoms with Gasteiger partial charge < -0.3 is 9.47 Å².